The van der Waals surface area contributed by atoms with Gasteiger partial charge in [0.2, 0.25) is 0 Å². The Morgan fingerprint density at radius 3 is 2.18 bits per heavy atom. The summed E-state index contributed by atoms with van der Waals surface area (Å²) >= 11 is 17.9. The average Bonchev–Trinajstić information content (AvgIpc) is 3.37. The average molecular weight is 672 g/mol. The summed E-state index contributed by atoms with van der Waals surface area (Å²) in [6.45, 7) is 4.25. The highest BCUT2D eigenvalue weighted by Gasteiger charge is 2.37. The number of aromatic nitrogens is 4. The van der Waals surface area contributed by atoms with Crippen molar-refractivity contribution >= 4 is 69.6 Å². The second kappa shape index (κ2) is 12.5. The smallest absolute Gasteiger partial charge is 0.332 e. The Morgan fingerprint density at radius 2 is 1.58 bits per heavy atom. The van der Waals surface area contributed by atoms with Crippen LogP contribution in [0.1, 0.15) is 25.0 Å². The van der Waals surface area contributed by atoms with Gasteiger partial charge in [-0.1, -0.05) is 35.3 Å². The Balaban J connectivity index is 1.60. The third-order valence-electron chi connectivity index (χ3n) is 7.40. The first-order valence-corrected chi connectivity index (χ1v) is 14.9. The maximum atomic E-state index is 13.3. The minimum atomic E-state index is -0.571. The Hall–Kier alpha value is -4.46. The number of rotatable bonds is 8. The van der Waals surface area contributed by atoms with E-state index in [1.54, 1.807) is 50.2 Å². The minimum absolute atomic E-state index is 0.0120. The number of hydrogen-bond donors (Lipinski definition) is 0. The number of nitrogens with zero attached hydrogens (tertiary/aromatic N) is 6. The van der Waals surface area contributed by atoms with Crippen molar-refractivity contribution in [2.75, 3.05) is 20.2 Å². The second-order valence-electron chi connectivity index (χ2n) is 10.0. The molecule has 0 atom stereocenters. The second-order valence-corrected chi connectivity index (χ2v) is 11.3. The lowest BCUT2D eigenvalue weighted by Gasteiger charge is -2.35. The molecule has 1 aliphatic rings. The van der Waals surface area contributed by atoms with Crippen molar-refractivity contribution in [3.63, 3.8) is 0 Å². The zero-order valence-electron chi connectivity index (χ0n) is 25.0. The summed E-state index contributed by atoms with van der Waals surface area (Å²) in [6, 6.07) is 9.78. The SMILES string of the molecule is CCN1C(=O)C(=Cc2ccc(Oc3nc4c(c(=O)n(C)c(=O)n4C)n3Cc3ccc(Cl)cc3Cl)c(OC)c2)C(=O)N(CC)C1=S. The van der Waals surface area contributed by atoms with E-state index in [9.17, 15) is 19.2 Å². The van der Waals surface area contributed by atoms with Gasteiger partial charge in [0.1, 0.15) is 5.57 Å². The molecule has 234 valence electrons. The van der Waals surface area contributed by atoms with E-state index in [1.807, 2.05) is 0 Å². The van der Waals surface area contributed by atoms with Crippen molar-refractivity contribution in [2.45, 2.75) is 20.4 Å². The minimum Gasteiger partial charge on any atom is -0.493 e. The van der Waals surface area contributed by atoms with Gasteiger partial charge in [0.25, 0.3) is 17.4 Å². The number of aryl methyl sites for hydroxylation is 1. The first-order chi connectivity index (χ1) is 21.4. The summed E-state index contributed by atoms with van der Waals surface area (Å²) in [5.41, 5.74) is 0.177. The summed E-state index contributed by atoms with van der Waals surface area (Å²) in [6.07, 6.45) is 1.47. The number of ether oxygens (including phenoxy) is 2. The summed E-state index contributed by atoms with van der Waals surface area (Å²) in [7, 11) is 4.31. The number of methoxy groups -OCH3 is 1. The van der Waals surface area contributed by atoms with Crippen LogP contribution < -0.4 is 20.7 Å². The van der Waals surface area contributed by atoms with Crippen molar-refractivity contribution in [1.82, 2.24) is 28.5 Å². The molecule has 0 aliphatic carbocycles. The van der Waals surface area contributed by atoms with Gasteiger partial charge in [-0.25, -0.2) is 4.79 Å². The lowest BCUT2D eigenvalue weighted by Crippen LogP contribution is -2.55. The molecule has 0 N–H and O–H groups in total. The number of likely N-dealkylation sites (N-methyl/N-ethyl adjacent to an activating group) is 2. The molecule has 0 bridgehead atoms. The molecule has 2 aromatic carbocycles. The first kappa shape index (κ1) is 31.9. The highest BCUT2D eigenvalue weighted by atomic mass is 35.5. The molecule has 2 aromatic heterocycles. The summed E-state index contributed by atoms with van der Waals surface area (Å²) in [5, 5.41) is 0.976. The number of benzene rings is 2. The molecule has 15 heteroatoms. The standard InChI is InChI=1S/C30H28Cl2N6O6S/c1-6-36-25(39)19(26(40)37(7-2)30(36)45)12-16-8-11-21(22(13-16)43-5)44-28-33-24-23(27(41)35(4)29(42)34(24)3)38(28)15-17-9-10-18(31)14-20(17)32/h8-14H,6-7,15H2,1-5H3. The number of amides is 2. The fourth-order valence-corrected chi connectivity index (χ4v) is 5.87. The summed E-state index contributed by atoms with van der Waals surface area (Å²) < 4.78 is 15.6. The van der Waals surface area contributed by atoms with Crippen molar-refractivity contribution in [1.29, 1.82) is 0 Å². The Bertz CT molecular complexity index is 2020. The van der Waals surface area contributed by atoms with E-state index < -0.39 is 23.1 Å². The summed E-state index contributed by atoms with van der Waals surface area (Å²) in [5.74, 6) is -0.509. The molecule has 0 spiro atoms. The third-order valence-corrected chi connectivity index (χ3v) is 8.43. The van der Waals surface area contributed by atoms with Gasteiger partial charge in [-0.15, -0.1) is 0 Å². The van der Waals surface area contributed by atoms with Crippen LogP contribution in [-0.4, -0.2) is 65.6 Å². The molecule has 0 unspecified atom stereocenters. The highest BCUT2D eigenvalue weighted by Crippen LogP contribution is 2.35. The molecule has 1 fully saturated rings. The monoisotopic (exact) mass is 670 g/mol. The zero-order valence-corrected chi connectivity index (χ0v) is 27.3. The number of hydrogen-bond acceptors (Lipinski definition) is 8. The van der Waals surface area contributed by atoms with Gasteiger partial charge < -0.3 is 9.47 Å². The predicted molar refractivity (Wildman–Crippen MR) is 174 cm³/mol. The van der Waals surface area contributed by atoms with E-state index in [1.165, 1.54) is 46.2 Å². The van der Waals surface area contributed by atoms with E-state index >= 15 is 0 Å². The van der Waals surface area contributed by atoms with E-state index in [-0.39, 0.29) is 45.9 Å². The van der Waals surface area contributed by atoms with E-state index in [0.29, 0.717) is 34.3 Å². The number of imidazole rings is 1. The molecular weight excluding hydrogens is 643 g/mol. The van der Waals surface area contributed by atoms with Gasteiger partial charge in [0, 0.05) is 37.2 Å². The number of halogens is 2. The van der Waals surface area contributed by atoms with E-state index in [2.05, 4.69) is 4.98 Å². The molecule has 45 heavy (non-hydrogen) atoms. The van der Waals surface area contributed by atoms with Crippen LogP contribution in [0.5, 0.6) is 17.5 Å². The van der Waals surface area contributed by atoms with Gasteiger partial charge in [-0.05, 0) is 67.5 Å². The normalized spacial score (nSPS) is 13.7. The van der Waals surface area contributed by atoms with Crippen LogP contribution in [0.4, 0.5) is 0 Å². The van der Waals surface area contributed by atoms with Crippen molar-refractivity contribution < 1.29 is 19.1 Å². The van der Waals surface area contributed by atoms with E-state index in [4.69, 9.17) is 44.9 Å². The van der Waals surface area contributed by atoms with Gasteiger partial charge in [-0.3, -0.25) is 37.9 Å². The van der Waals surface area contributed by atoms with Crippen LogP contribution >= 0.6 is 35.4 Å². The first-order valence-electron chi connectivity index (χ1n) is 13.8. The fourth-order valence-electron chi connectivity index (χ4n) is 4.98. The molecule has 5 rings (SSSR count). The molecule has 0 radical (unpaired) electrons. The number of carbonyl (C=O) groups excluding carboxylic acids is 2. The molecule has 4 aromatic rings. The van der Waals surface area contributed by atoms with E-state index in [0.717, 1.165) is 4.57 Å². The molecule has 2 amide bonds. The van der Waals surface area contributed by atoms with Crippen molar-refractivity contribution in [3.05, 3.63) is 84.0 Å². The molecule has 3 heterocycles. The van der Waals surface area contributed by atoms with Gasteiger partial charge in [0.15, 0.2) is 27.8 Å². The van der Waals surface area contributed by atoms with Crippen LogP contribution in [0, 0.1) is 0 Å². The maximum Gasteiger partial charge on any atom is 0.332 e. The Labute approximate surface area is 272 Å². The highest BCUT2D eigenvalue weighted by molar-refractivity contribution is 7.80. The maximum absolute atomic E-state index is 13.3. The third kappa shape index (κ3) is 5.62. The number of thiocarbonyl (C=S) groups is 1. The number of fused-ring (bicyclic) bond motifs is 1. The largest absolute Gasteiger partial charge is 0.493 e. The van der Waals surface area contributed by atoms with Crippen molar-refractivity contribution in [3.8, 4) is 17.5 Å². The van der Waals surface area contributed by atoms with Crippen LogP contribution in [0.2, 0.25) is 10.0 Å². The lowest BCUT2D eigenvalue weighted by atomic mass is 10.1. The fraction of sp³-hybridized carbons (Fsp3) is 0.267. The van der Waals surface area contributed by atoms with Gasteiger partial charge in [0.05, 0.1) is 13.7 Å². The molecule has 1 saturated heterocycles. The van der Waals surface area contributed by atoms with Gasteiger partial charge >= 0.3 is 11.7 Å². The predicted octanol–water partition coefficient (Wildman–Crippen LogP) is 3.97. The molecule has 1 aliphatic heterocycles. The van der Waals surface area contributed by atoms with Crippen LogP contribution in [-0.2, 0) is 30.2 Å². The summed E-state index contributed by atoms with van der Waals surface area (Å²) in [4.78, 5) is 59.5. The molecule has 0 saturated carbocycles. The lowest BCUT2D eigenvalue weighted by molar-refractivity contribution is -0.133. The molecule has 12 nitrogen and oxygen atoms in total. The van der Waals surface area contributed by atoms with Crippen LogP contribution in [0.15, 0.2) is 51.6 Å². The van der Waals surface area contributed by atoms with Crippen LogP contribution in [0.25, 0.3) is 17.2 Å². The van der Waals surface area contributed by atoms with Crippen LogP contribution in [0.3, 0.4) is 0 Å². The van der Waals surface area contributed by atoms with Crippen molar-refractivity contribution in [2.24, 2.45) is 14.1 Å². The Morgan fingerprint density at radius 1 is 0.911 bits per heavy atom. The Kier molecular flexibility index (Phi) is 8.88. The number of carbonyl (C=O) groups is 2. The van der Waals surface area contributed by atoms with Gasteiger partial charge in [-0.2, -0.15) is 4.98 Å². The zero-order chi connectivity index (χ0) is 32.7. The quantitative estimate of drug-likeness (QED) is 0.157. The topological polar surface area (TPSA) is 121 Å². The molecular formula is C30H28Cl2N6O6S.